The van der Waals surface area contributed by atoms with Gasteiger partial charge in [-0.1, -0.05) is 18.6 Å². The summed E-state index contributed by atoms with van der Waals surface area (Å²) in [7, 11) is 4.13. The zero-order valence-corrected chi connectivity index (χ0v) is 12.6. The molecule has 1 heterocycles. The maximum Gasteiger partial charge on any atom is 0.0624 e. The summed E-state index contributed by atoms with van der Waals surface area (Å²) >= 11 is 0. The van der Waals surface area contributed by atoms with Crippen LogP contribution in [0.15, 0.2) is 17.7 Å². The van der Waals surface area contributed by atoms with Crippen LogP contribution in [0.5, 0.6) is 0 Å². The summed E-state index contributed by atoms with van der Waals surface area (Å²) in [5, 5.41) is 8.01. The summed E-state index contributed by atoms with van der Waals surface area (Å²) in [6, 6.07) is 2.78. The third-order valence-electron chi connectivity index (χ3n) is 4.15. The van der Waals surface area contributed by atoms with Gasteiger partial charge in [0, 0.05) is 25.2 Å². The number of hydrogen-bond donors (Lipinski definition) is 1. The van der Waals surface area contributed by atoms with Gasteiger partial charge in [-0.25, -0.2) is 0 Å². The van der Waals surface area contributed by atoms with Crippen LogP contribution in [0.3, 0.4) is 0 Å². The van der Waals surface area contributed by atoms with E-state index in [1.54, 1.807) is 5.57 Å². The predicted octanol–water partition coefficient (Wildman–Crippen LogP) is 3.00. The number of nitrogens with zero attached hydrogens (tertiary/aromatic N) is 2. The molecule has 1 atom stereocenters. The van der Waals surface area contributed by atoms with E-state index in [-0.39, 0.29) is 0 Å². The van der Waals surface area contributed by atoms with Crippen molar-refractivity contribution in [3.8, 4) is 0 Å². The molecule has 1 N–H and O–H groups in total. The molecule has 106 valence electrons. The first kappa shape index (κ1) is 14.3. The Bertz CT molecular complexity index is 431. The average Bonchev–Trinajstić information content (AvgIpc) is 2.80. The highest BCUT2D eigenvalue weighted by molar-refractivity contribution is 5.14. The monoisotopic (exact) mass is 261 g/mol. The van der Waals surface area contributed by atoms with Crippen molar-refractivity contribution < 1.29 is 0 Å². The molecular formula is C16H27N3. The molecule has 0 aromatic carbocycles. The van der Waals surface area contributed by atoms with Crippen molar-refractivity contribution in [2.45, 2.75) is 57.9 Å². The molecular weight excluding hydrogens is 234 g/mol. The zero-order valence-electron chi connectivity index (χ0n) is 12.6. The smallest absolute Gasteiger partial charge is 0.0624 e. The van der Waals surface area contributed by atoms with E-state index in [4.69, 9.17) is 0 Å². The van der Waals surface area contributed by atoms with E-state index in [9.17, 15) is 0 Å². The van der Waals surface area contributed by atoms with Crippen molar-refractivity contribution in [3.05, 3.63) is 29.1 Å². The Hall–Kier alpha value is -1.09. The molecule has 1 aliphatic rings. The summed E-state index contributed by atoms with van der Waals surface area (Å²) < 4.78 is 2.04. The van der Waals surface area contributed by atoms with E-state index < -0.39 is 0 Å². The molecule has 1 aliphatic carbocycles. The second-order valence-corrected chi connectivity index (χ2v) is 5.61. The highest BCUT2D eigenvalue weighted by Gasteiger charge is 2.14. The van der Waals surface area contributed by atoms with Gasteiger partial charge in [0.2, 0.25) is 0 Å². The van der Waals surface area contributed by atoms with Crippen LogP contribution in [0.4, 0.5) is 0 Å². The fourth-order valence-electron chi connectivity index (χ4n) is 2.87. The minimum Gasteiger partial charge on any atom is -0.316 e. The van der Waals surface area contributed by atoms with Crippen LogP contribution in [0, 0.1) is 0 Å². The number of aryl methyl sites for hydroxylation is 2. The van der Waals surface area contributed by atoms with Crippen LogP contribution >= 0.6 is 0 Å². The number of aromatic nitrogens is 2. The largest absolute Gasteiger partial charge is 0.316 e. The number of rotatable bonds is 6. The summed E-state index contributed by atoms with van der Waals surface area (Å²) in [4.78, 5) is 0. The van der Waals surface area contributed by atoms with Gasteiger partial charge in [0.25, 0.3) is 0 Å². The van der Waals surface area contributed by atoms with Crippen molar-refractivity contribution in [2.24, 2.45) is 7.05 Å². The molecule has 1 aromatic heterocycles. The quantitative estimate of drug-likeness (QED) is 0.798. The van der Waals surface area contributed by atoms with Crippen molar-refractivity contribution in [1.82, 2.24) is 15.1 Å². The molecule has 0 saturated carbocycles. The summed E-state index contributed by atoms with van der Waals surface area (Å²) in [5.41, 5.74) is 4.18. The van der Waals surface area contributed by atoms with Crippen LogP contribution in [0.1, 0.15) is 50.4 Å². The van der Waals surface area contributed by atoms with E-state index in [2.05, 4.69) is 43.6 Å². The maximum atomic E-state index is 4.54. The molecule has 0 amide bonds. The Labute approximate surface area is 117 Å². The predicted molar refractivity (Wildman–Crippen MR) is 80.3 cm³/mol. The first-order chi connectivity index (χ1) is 9.22. The fourth-order valence-corrected chi connectivity index (χ4v) is 2.87. The molecule has 0 bridgehead atoms. The van der Waals surface area contributed by atoms with Gasteiger partial charge in [-0.05, 0) is 51.6 Å². The minimum absolute atomic E-state index is 0.532. The van der Waals surface area contributed by atoms with Gasteiger partial charge >= 0.3 is 0 Å². The molecule has 0 spiro atoms. The van der Waals surface area contributed by atoms with E-state index in [0.717, 1.165) is 12.8 Å². The topological polar surface area (TPSA) is 29.9 Å². The Balaban J connectivity index is 1.97. The van der Waals surface area contributed by atoms with Gasteiger partial charge in [0.05, 0.1) is 5.69 Å². The van der Waals surface area contributed by atoms with Crippen LogP contribution in [0.2, 0.25) is 0 Å². The van der Waals surface area contributed by atoms with E-state index in [1.165, 1.54) is 43.5 Å². The van der Waals surface area contributed by atoms with Crippen molar-refractivity contribution in [2.75, 3.05) is 7.05 Å². The molecule has 2 rings (SSSR count). The number of hydrogen-bond acceptors (Lipinski definition) is 2. The summed E-state index contributed by atoms with van der Waals surface area (Å²) in [6.45, 7) is 2.16. The van der Waals surface area contributed by atoms with Crippen LogP contribution < -0.4 is 5.32 Å². The van der Waals surface area contributed by atoms with Gasteiger partial charge < -0.3 is 5.32 Å². The SMILES string of the molecule is CCc1cc(CC(CC2=CCCCC2)NC)n(C)n1. The van der Waals surface area contributed by atoms with Crippen molar-refractivity contribution >= 4 is 0 Å². The maximum absolute atomic E-state index is 4.54. The average molecular weight is 261 g/mol. The Morgan fingerprint density at radius 3 is 2.79 bits per heavy atom. The lowest BCUT2D eigenvalue weighted by Crippen LogP contribution is -2.29. The molecule has 19 heavy (non-hydrogen) atoms. The number of nitrogens with one attached hydrogen (secondary N) is 1. The molecule has 1 unspecified atom stereocenters. The Kier molecular flexibility index (Phi) is 5.20. The van der Waals surface area contributed by atoms with Crippen molar-refractivity contribution in [3.63, 3.8) is 0 Å². The molecule has 1 aromatic rings. The normalized spacial score (nSPS) is 17.3. The molecule has 0 fully saturated rings. The lowest BCUT2D eigenvalue weighted by atomic mass is 9.93. The fraction of sp³-hybridized carbons (Fsp3) is 0.688. The third-order valence-corrected chi connectivity index (χ3v) is 4.15. The standard InChI is InChI=1S/C16H27N3/c1-4-14-11-16(19(3)18-14)12-15(17-2)10-13-8-6-5-7-9-13/h8,11,15,17H,4-7,9-10,12H2,1-3H3. The minimum atomic E-state index is 0.532. The zero-order chi connectivity index (χ0) is 13.7. The van der Waals surface area contributed by atoms with Crippen LogP contribution in [-0.4, -0.2) is 22.9 Å². The Morgan fingerprint density at radius 2 is 2.21 bits per heavy atom. The molecule has 0 saturated heterocycles. The van der Waals surface area contributed by atoms with E-state index >= 15 is 0 Å². The third kappa shape index (κ3) is 3.93. The second-order valence-electron chi connectivity index (χ2n) is 5.61. The molecule has 3 heteroatoms. The molecule has 0 radical (unpaired) electrons. The van der Waals surface area contributed by atoms with E-state index in [1.807, 2.05) is 4.68 Å². The van der Waals surface area contributed by atoms with Gasteiger partial charge in [-0.2, -0.15) is 5.10 Å². The van der Waals surface area contributed by atoms with Crippen LogP contribution in [0.25, 0.3) is 0 Å². The van der Waals surface area contributed by atoms with E-state index in [0.29, 0.717) is 6.04 Å². The first-order valence-electron chi connectivity index (χ1n) is 7.60. The van der Waals surface area contributed by atoms with Gasteiger partial charge in [-0.15, -0.1) is 0 Å². The lowest BCUT2D eigenvalue weighted by Gasteiger charge is -2.20. The Morgan fingerprint density at radius 1 is 1.37 bits per heavy atom. The number of likely N-dealkylation sites (N-methyl/N-ethyl adjacent to an activating group) is 1. The van der Waals surface area contributed by atoms with Gasteiger partial charge in [0.15, 0.2) is 0 Å². The summed E-state index contributed by atoms with van der Waals surface area (Å²) in [6.07, 6.45) is 11.0. The summed E-state index contributed by atoms with van der Waals surface area (Å²) in [5.74, 6) is 0. The first-order valence-corrected chi connectivity index (χ1v) is 7.60. The molecule has 0 aliphatic heterocycles. The number of allylic oxidation sites excluding steroid dienone is 1. The lowest BCUT2D eigenvalue weighted by molar-refractivity contribution is 0.515. The second kappa shape index (κ2) is 6.90. The molecule has 3 nitrogen and oxygen atoms in total. The highest BCUT2D eigenvalue weighted by atomic mass is 15.3. The van der Waals surface area contributed by atoms with Crippen molar-refractivity contribution in [1.29, 1.82) is 0 Å². The van der Waals surface area contributed by atoms with Gasteiger partial charge in [0.1, 0.15) is 0 Å². The highest BCUT2D eigenvalue weighted by Crippen LogP contribution is 2.22. The van der Waals surface area contributed by atoms with Gasteiger partial charge in [-0.3, -0.25) is 4.68 Å². The van der Waals surface area contributed by atoms with Crippen LogP contribution in [-0.2, 0) is 19.9 Å².